The maximum absolute atomic E-state index is 12.3. The van der Waals surface area contributed by atoms with E-state index < -0.39 is 5.97 Å². The number of benzene rings is 3. The maximum Gasteiger partial charge on any atom is 0.336 e. The molecule has 0 aromatic heterocycles. The largest absolute Gasteiger partial charge is 0.508 e. The number of rotatable bonds is 8. The van der Waals surface area contributed by atoms with Crippen LogP contribution in [0.2, 0.25) is 0 Å². The average molecular weight is 504 g/mol. The number of carbonyl (C=O) groups is 1. The summed E-state index contributed by atoms with van der Waals surface area (Å²) < 4.78 is 5.85. The highest BCUT2D eigenvalue weighted by atomic mass is 32.1. The molecular weight excluding hydrogens is 482 g/mol. The zero-order valence-corrected chi connectivity index (χ0v) is 19.7. The van der Waals surface area contributed by atoms with Crippen LogP contribution >= 0.6 is 12.2 Å². The highest BCUT2D eigenvalue weighted by Crippen LogP contribution is 2.42. The number of carboxylic acid groups (broad SMARTS) is 1. The van der Waals surface area contributed by atoms with E-state index in [2.05, 4.69) is 20.7 Å². The van der Waals surface area contributed by atoms with E-state index in [1.807, 2.05) is 0 Å². The molecule has 0 atom stereocenters. The van der Waals surface area contributed by atoms with Gasteiger partial charge in [0.25, 0.3) is 0 Å². The Kier molecular flexibility index (Phi) is 7.33. The van der Waals surface area contributed by atoms with Crippen molar-refractivity contribution in [2.45, 2.75) is 12.8 Å². The van der Waals surface area contributed by atoms with Gasteiger partial charge in [0.1, 0.15) is 17.1 Å². The molecule has 4 N–H and O–H groups in total. The van der Waals surface area contributed by atoms with Crippen LogP contribution in [0.1, 0.15) is 23.2 Å². The number of carboxylic acids is 1. The van der Waals surface area contributed by atoms with Gasteiger partial charge in [-0.1, -0.05) is 11.2 Å². The molecule has 0 spiro atoms. The molecule has 11 heteroatoms. The second-order valence-corrected chi connectivity index (χ2v) is 8.33. The van der Waals surface area contributed by atoms with Crippen molar-refractivity contribution in [1.82, 2.24) is 5.32 Å². The third-order valence-electron chi connectivity index (χ3n) is 5.49. The van der Waals surface area contributed by atoms with Crippen molar-refractivity contribution in [1.29, 1.82) is 0 Å². The van der Waals surface area contributed by atoms with Gasteiger partial charge in [-0.25, -0.2) is 4.79 Å². The minimum Gasteiger partial charge on any atom is -0.508 e. The average Bonchev–Trinajstić information content (AvgIpc) is 2.84. The molecule has 1 aliphatic heterocycles. The molecule has 0 unspecified atom stereocenters. The molecule has 4 rings (SSSR count). The van der Waals surface area contributed by atoms with E-state index in [0.29, 0.717) is 58.0 Å². The predicted molar refractivity (Wildman–Crippen MR) is 141 cm³/mol. The summed E-state index contributed by atoms with van der Waals surface area (Å²) in [6, 6.07) is 13.7. The zero-order valence-electron chi connectivity index (χ0n) is 18.9. The first kappa shape index (κ1) is 24.5. The summed E-state index contributed by atoms with van der Waals surface area (Å²) in [5, 5.41) is 30.4. The number of fused-ring (bicyclic) bond motifs is 2. The van der Waals surface area contributed by atoms with E-state index in [9.17, 15) is 19.8 Å². The lowest BCUT2D eigenvalue weighted by Gasteiger charge is -2.18. The summed E-state index contributed by atoms with van der Waals surface area (Å²) >= 11 is 5.31. The monoisotopic (exact) mass is 503 g/mol. The number of aromatic carboxylic acids is 1. The number of anilines is 1. The summed E-state index contributed by atoms with van der Waals surface area (Å²) in [6.45, 7) is 0.977. The SMILES string of the molecule is [N-]=[N+]=NCCCCNC(=S)Nc1ccc(-c2c3ccc(=O)cc-3oc3cc(O)ccc23)c(C(=O)O)c1. The molecule has 0 radical (unpaired) electrons. The third kappa shape index (κ3) is 5.38. The van der Waals surface area contributed by atoms with E-state index in [-0.39, 0.29) is 22.5 Å². The second kappa shape index (κ2) is 10.8. The van der Waals surface area contributed by atoms with E-state index >= 15 is 0 Å². The fraction of sp³-hybridized carbons (Fsp3) is 0.160. The number of phenolic OH excluding ortho intramolecular Hbond substituents is 1. The van der Waals surface area contributed by atoms with Gasteiger partial charge in [-0.2, -0.15) is 0 Å². The fourth-order valence-electron chi connectivity index (χ4n) is 3.90. The van der Waals surface area contributed by atoms with Crippen LogP contribution in [0.15, 0.2) is 68.9 Å². The molecule has 0 amide bonds. The summed E-state index contributed by atoms with van der Waals surface area (Å²) in [6.07, 6.45) is 1.47. The second-order valence-electron chi connectivity index (χ2n) is 7.92. The van der Waals surface area contributed by atoms with E-state index in [1.54, 1.807) is 24.3 Å². The molecule has 36 heavy (non-hydrogen) atoms. The van der Waals surface area contributed by atoms with Crippen molar-refractivity contribution in [3.8, 4) is 28.2 Å². The quantitative estimate of drug-likeness (QED) is 0.0625. The van der Waals surface area contributed by atoms with Gasteiger partial charge in [0.15, 0.2) is 10.5 Å². The molecule has 0 saturated heterocycles. The van der Waals surface area contributed by atoms with Crippen LogP contribution in [0.4, 0.5) is 5.69 Å². The number of hydrogen-bond acceptors (Lipinski definition) is 6. The van der Waals surface area contributed by atoms with Crippen LogP contribution in [0.3, 0.4) is 0 Å². The first-order chi connectivity index (χ1) is 17.4. The molecule has 182 valence electrons. The Morgan fingerprint density at radius 1 is 1.08 bits per heavy atom. The van der Waals surface area contributed by atoms with Crippen LogP contribution in [-0.4, -0.2) is 34.4 Å². The zero-order chi connectivity index (χ0) is 25.7. The lowest BCUT2D eigenvalue weighted by molar-refractivity contribution is 0.0697. The number of unbranched alkanes of at least 4 members (excludes halogenated alkanes) is 1. The maximum atomic E-state index is 12.3. The smallest absolute Gasteiger partial charge is 0.336 e. The highest BCUT2D eigenvalue weighted by Gasteiger charge is 2.22. The molecule has 1 aliphatic carbocycles. The number of nitrogens with one attached hydrogen (secondary N) is 2. The molecule has 2 aromatic rings. The van der Waals surface area contributed by atoms with Gasteiger partial charge in [-0.15, -0.1) is 0 Å². The van der Waals surface area contributed by atoms with Crippen LogP contribution in [0, 0.1) is 0 Å². The number of aromatic hydroxyl groups is 1. The predicted octanol–water partition coefficient (Wildman–Crippen LogP) is 5.35. The van der Waals surface area contributed by atoms with Gasteiger partial charge in [0.05, 0.1) is 5.56 Å². The van der Waals surface area contributed by atoms with Crippen molar-refractivity contribution in [3.05, 3.63) is 80.8 Å². The first-order valence-electron chi connectivity index (χ1n) is 11.0. The molecule has 10 nitrogen and oxygen atoms in total. The van der Waals surface area contributed by atoms with Gasteiger partial charge in [0, 0.05) is 52.3 Å². The van der Waals surface area contributed by atoms with Crippen molar-refractivity contribution in [3.63, 3.8) is 0 Å². The van der Waals surface area contributed by atoms with Crippen molar-refractivity contribution >= 4 is 40.0 Å². The van der Waals surface area contributed by atoms with Crippen LogP contribution < -0.4 is 16.1 Å². The summed E-state index contributed by atoms with van der Waals surface area (Å²) in [5.74, 6) is -0.890. The first-order valence-corrected chi connectivity index (χ1v) is 11.4. The fourth-order valence-corrected chi connectivity index (χ4v) is 4.12. The Morgan fingerprint density at radius 3 is 2.67 bits per heavy atom. The Bertz CT molecular complexity index is 1540. The van der Waals surface area contributed by atoms with Gasteiger partial charge in [-0.05, 0) is 72.6 Å². The van der Waals surface area contributed by atoms with Gasteiger partial charge in [0.2, 0.25) is 0 Å². The Balaban J connectivity index is 1.70. The lowest BCUT2D eigenvalue weighted by atomic mass is 9.90. The minimum absolute atomic E-state index is 0.0187. The molecule has 0 bridgehead atoms. The van der Waals surface area contributed by atoms with Crippen molar-refractivity contribution in [2.75, 3.05) is 18.4 Å². The Hall–Kier alpha value is -4.60. The Morgan fingerprint density at radius 2 is 1.89 bits per heavy atom. The van der Waals surface area contributed by atoms with Crippen LogP contribution in [-0.2, 0) is 0 Å². The van der Waals surface area contributed by atoms with Crippen LogP contribution in [0.25, 0.3) is 43.9 Å². The summed E-state index contributed by atoms with van der Waals surface area (Å²) in [5.41, 5.74) is 10.4. The molecule has 2 aliphatic rings. The number of phenols is 1. The van der Waals surface area contributed by atoms with Gasteiger partial charge in [-0.3, -0.25) is 4.79 Å². The highest BCUT2D eigenvalue weighted by molar-refractivity contribution is 7.80. The number of thiocarbonyl (C=S) groups is 1. The van der Waals surface area contributed by atoms with Gasteiger partial charge < -0.3 is 25.3 Å². The molecular formula is C25H21N5O5S. The standard InChI is InChI=1S/C25H21N5O5S/c26-30-28-10-2-1-9-27-25(36)29-14-3-6-17(20(11-14)24(33)34)23-18-7-4-15(31)12-21(18)35-22-13-16(32)5-8-19(22)23/h3-8,11-13,31H,1-2,9-10H2,(H,33,34)(H2,27,29,36). The van der Waals surface area contributed by atoms with Crippen molar-refractivity contribution in [2.24, 2.45) is 5.11 Å². The van der Waals surface area contributed by atoms with E-state index in [1.165, 1.54) is 30.3 Å². The molecule has 1 heterocycles. The number of nitrogens with zero attached hydrogens (tertiary/aromatic N) is 3. The van der Waals surface area contributed by atoms with Gasteiger partial charge >= 0.3 is 5.97 Å². The minimum atomic E-state index is -1.15. The summed E-state index contributed by atoms with van der Waals surface area (Å²) in [4.78, 5) is 26.9. The number of azide groups is 1. The van der Waals surface area contributed by atoms with E-state index in [0.717, 1.165) is 6.42 Å². The third-order valence-corrected chi connectivity index (χ3v) is 5.73. The van der Waals surface area contributed by atoms with Crippen molar-refractivity contribution < 1.29 is 19.4 Å². The Labute approximate surface area is 210 Å². The molecule has 0 fully saturated rings. The molecule has 2 aromatic carbocycles. The lowest BCUT2D eigenvalue weighted by Crippen LogP contribution is -2.29. The summed E-state index contributed by atoms with van der Waals surface area (Å²) in [7, 11) is 0. The van der Waals surface area contributed by atoms with Crippen LogP contribution in [0.5, 0.6) is 5.75 Å². The normalized spacial score (nSPS) is 10.7. The number of hydrogen-bond donors (Lipinski definition) is 4. The van der Waals surface area contributed by atoms with E-state index in [4.69, 9.17) is 22.2 Å². The topological polar surface area (TPSA) is 161 Å². The molecule has 0 saturated carbocycles.